The van der Waals surface area contributed by atoms with E-state index in [-0.39, 0.29) is 11.6 Å². The summed E-state index contributed by atoms with van der Waals surface area (Å²) >= 11 is 0. The Kier molecular flexibility index (Phi) is 5.74. The van der Waals surface area contributed by atoms with Crippen LogP contribution in [-0.4, -0.2) is 49.2 Å². The predicted molar refractivity (Wildman–Crippen MR) is 81.2 cm³/mol. The molecule has 21 heavy (non-hydrogen) atoms. The quantitative estimate of drug-likeness (QED) is 0.632. The molecule has 0 radical (unpaired) electrons. The molecule has 1 aliphatic heterocycles. The van der Waals surface area contributed by atoms with Crippen molar-refractivity contribution in [2.24, 2.45) is 5.73 Å². The van der Waals surface area contributed by atoms with Gasteiger partial charge in [-0.3, -0.25) is 5.10 Å². The molecule has 4 N–H and O–H groups in total. The third-order valence-corrected chi connectivity index (χ3v) is 5.50. The first-order chi connectivity index (χ1) is 10.0. The molecule has 1 unspecified atom stereocenters. The molecule has 0 aliphatic carbocycles. The Balaban J connectivity index is 1.80. The Bertz CT molecular complexity index is 543. The van der Waals surface area contributed by atoms with Crippen LogP contribution in [0.4, 0.5) is 0 Å². The molecule has 1 aromatic heterocycles. The van der Waals surface area contributed by atoms with Crippen molar-refractivity contribution in [3.63, 3.8) is 0 Å². The Labute approximate surface area is 126 Å². The van der Waals surface area contributed by atoms with Gasteiger partial charge in [0.25, 0.3) is 10.0 Å². The summed E-state index contributed by atoms with van der Waals surface area (Å²) < 4.78 is 26.9. The first-order valence-corrected chi connectivity index (χ1v) is 8.99. The first-order valence-electron chi connectivity index (χ1n) is 7.50. The number of aromatic nitrogens is 2. The monoisotopic (exact) mass is 315 g/mol. The average Bonchev–Trinajstić information content (AvgIpc) is 2.95. The van der Waals surface area contributed by atoms with Gasteiger partial charge in [-0.1, -0.05) is 6.42 Å². The smallest absolute Gasteiger partial charge is 0.257 e. The van der Waals surface area contributed by atoms with Gasteiger partial charge in [0, 0.05) is 24.7 Å². The molecule has 8 heteroatoms. The summed E-state index contributed by atoms with van der Waals surface area (Å²) in [6.45, 7) is 4.86. The number of rotatable bonds is 7. The summed E-state index contributed by atoms with van der Waals surface area (Å²) in [6, 6.07) is 0.604. The second kappa shape index (κ2) is 7.35. The molecule has 2 heterocycles. The van der Waals surface area contributed by atoms with Gasteiger partial charge in [-0.15, -0.1) is 0 Å². The fraction of sp³-hybridized carbons (Fsp3) is 0.769. The van der Waals surface area contributed by atoms with E-state index in [1.165, 1.54) is 25.5 Å². The second-order valence-corrected chi connectivity index (χ2v) is 7.26. The van der Waals surface area contributed by atoms with Crippen LogP contribution < -0.4 is 10.5 Å². The molecule has 0 bridgehead atoms. The van der Waals surface area contributed by atoms with Crippen molar-refractivity contribution in [2.45, 2.75) is 50.2 Å². The van der Waals surface area contributed by atoms with Crippen LogP contribution in [0.25, 0.3) is 0 Å². The number of likely N-dealkylation sites (tertiary alicyclic amines) is 1. The molecule has 2 rings (SSSR count). The van der Waals surface area contributed by atoms with Crippen molar-refractivity contribution < 1.29 is 8.42 Å². The number of sulfonamides is 1. The molecule has 7 nitrogen and oxygen atoms in total. The maximum atomic E-state index is 12.1. The van der Waals surface area contributed by atoms with E-state index in [9.17, 15) is 8.42 Å². The normalized spacial score (nSPS) is 20.8. The Morgan fingerprint density at radius 1 is 1.52 bits per heavy atom. The molecule has 0 aromatic carbocycles. The van der Waals surface area contributed by atoms with Gasteiger partial charge in [0.05, 0.1) is 6.20 Å². The lowest BCUT2D eigenvalue weighted by atomic mass is 10.0. The highest BCUT2D eigenvalue weighted by atomic mass is 32.2. The number of H-pyrrole nitrogens is 1. The van der Waals surface area contributed by atoms with Gasteiger partial charge in [0.15, 0.2) is 5.03 Å². The van der Waals surface area contributed by atoms with Crippen LogP contribution >= 0.6 is 0 Å². The molecule has 1 saturated heterocycles. The first kappa shape index (κ1) is 16.4. The molecule has 0 saturated carbocycles. The van der Waals surface area contributed by atoms with Gasteiger partial charge in [0.2, 0.25) is 0 Å². The third-order valence-electron chi connectivity index (χ3n) is 4.02. The van der Waals surface area contributed by atoms with Gasteiger partial charge in [-0.2, -0.15) is 5.10 Å². The number of aromatic amines is 1. The van der Waals surface area contributed by atoms with Crippen LogP contribution in [0.1, 0.15) is 38.2 Å². The fourth-order valence-corrected chi connectivity index (χ4v) is 3.94. The maximum Gasteiger partial charge on any atom is 0.257 e. The van der Waals surface area contributed by atoms with Crippen molar-refractivity contribution in [1.82, 2.24) is 19.8 Å². The molecule has 1 fully saturated rings. The Morgan fingerprint density at radius 2 is 2.33 bits per heavy atom. The molecule has 120 valence electrons. The van der Waals surface area contributed by atoms with E-state index in [0.29, 0.717) is 18.2 Å². The minimum Gasteiger partial charge on any atom is -0.326 e. The van der Waals surface area contributed by atoms with E-state index >= 15 is 0 Å². The average molecular weight is 315 g/mol. The number of nitrogens with zero attached hydrogens (tertiary/aromatic N) is 2. The highest BCUT2D eigenvalue weighted by Gasteiger charge is 2.20. The van der Waals surface area contributed by atoms with Gasteiger partial charge >= 0.3 is 0 Å². The van der Waals surface area contributed by atoms with Crippen LogP contribution in [0.2, 0.25) is 0 Å². The van der Waals surface area contributed by atoms with Crippen LogP contribution in [0, 0.1) is 0 Å². The molecule has 0 amide bonds. The minimum atomic E-state index is -3.54. The lowest BCUT2D eigenvalue weighted by molar-refractivity contribution is 0.159. The predicted octanol–water partition coefficient (Wildman–Crippen LogP) is 0.411. The zero-order chi connectivity index (χ0) is 15.3. The van der Waals surface area contributed by atoms with E-state index in [1.807, 2.05) is 0 Å². The van der Waals surface area contributed by atoms with Crippen LogP contribution in [0.3, 0.4) is 0 Å². The fourth-order valence-electron chi connectivity index (χ4n) is 2.73. The van der Waals surface area contributed by atoms with Crippen molar-refractivity contribution in [3.05, 3.63) is 11.8 Å². The minimum absolute atomic E-state index is 0.0799. The summed E-state index contributed by atoms with van der Waals surface area (Å²) in [5.74, 6) is 0. The highest BCUT2D eigenvalue weighted by Crippen LogP contribution is 2.16. The zero-order valence-electron chi connectivity index (χ0n) is 12.5. The molecule has 1 aromatic rings. The van der Waals surface area contributed by atoms with Crippen molar-refractivity contribution >= 4 is 10.0 Å². The van der Waals surface area contributed by atoms with E-state index < -0.39 is 10.0 Å². The van der Waals surface area contributed by atoms with Gasteiger partial charge < -0.3 is 10.6 Å². The number of nitrogens with two attached hydrogens (primary N) is 1. The SMILES string of the molecule is CC1CCCCN1CCCNS(=O)(=O)c1[nH]ncc1CN. The molecule has 1 atom stereocenters. The number of piperidine rings is 1. The van der Waals surface area contributed by atoms with Crippen LogP contribution in [0.15, 0.2) is 11.2 Å². The van der Waals surface area contributed by atoms with E-state index in [0.717, 1.165) is 19.5 Å². The third kappa shape index (κ3) is 4.26. The Hall–Kier alpha value is -0.960. The Morgan fingerprint density at radius 3 is 3.05 bits per heavy atom. The second-order valence-electron chi connectivity index (χ2n) is 5.56. The maximum absolute atomic E-state index is 12.1. The lowest BCUT2D eigenvalue weighted by Gasteiger charge is -2.33. The summed E-state index contributed by atoms with van der Waals surface area (Å²) in [4.78, 5) is 2.43. The largest absolute Gasteiger partial charge is 0.326 e. The topological polar surface area (TPSA) is 104 Å². The summed E-state index contributed by atoms with van der Waals surface area (Å²) in [7, 11) is -3.54. The van der Waals surface area contributed by atoms with Crippen LogP contribution in [-0.2, 0) is 16.6 Å². The van der Waals surface area contributed by atoms with Crippen molar-refractivity contribution in [3.8, 4) is 0 Å². The molecule has 0 spiro atoms. The molecular weight excluding hydrogens is 290 g/mol. The lowest BCUT2D eigenvalue weighted by Crippen LogP contribution is -2.39. The van der Waals surface area contributed by atoms with Gasteiger partial charge in [-0.05, 0) is 39.3 Å². The van der Waals surface area contributed by atoms with Gasteiger partial charge in [-0.25, -0.2) is 13.1 Å². The van der Waals surface area contributed by atoms with E-state index in [4.69, 9.17) is 5.73 Å². The number of hydrogen-bond acceptors (Lipinski definition) is 5. The summed E-state index contributed by atoms with van der Waals surface area (Å²) in [5.41, 5.74) is 6.01. The molecular formula is C13H25N5O2S. The van der Waals surface area contributed by atoms with Crippen LogP contribution in [0.5, 0.6) is 0 Å². The van der Waals surface area contributed by atoms with Crippen molar-refractivity contribution in [2.75, 3.05) is 19.6 Å². The summed E-state index contributed by atoms with van der Waals surface area (Å²) in [6.07, 6.45) is 6.02. The van der Waals surface area contributed by atoms with E-state index in [1.54, 1.807) is 0 Å². The van der Waals surface area contributed by atoms with Gasteiger partial charge in [0.1, 0.15) is 0 Å². The number of nitrogens with one attached hydrogen (secondary N) is 2. The molecule has 1 aliphatic rings. The zero-order valence-corrected chi connectivity index (χ0v) is 13.3. The van der Waals surface area contributed by atoms with E-state index in [2.05, 4.69) is 26.7 Å². The summed E-state index contributed by atoms with van der Waals surface area (Å²) in [5, 5.41) is 6.32. The highest BCUT2D eigenvalue weighted by molar-refractivity contribution is 7.89. The number of hydrogen-bond donors (Lipinski definition) is 3. The van der Waals surface area contributed by atoms with Crippen molar-refractivity contribution in [1.29, 1.82) is 0 Å². The standard InChI is InChI=1S/C13H25N5O2S/c1-11-5-2-3-7-18(11)8-4-6-16-21(19,20)13-12(9-14)10-15-17-13/h10-11,16H,2-9,14H2,1H3,(H,15,17).